The molecule has 6 nitrogen and oxygen atoms in total. The van der Waals surface area contributed by atoms with Crippen LogP contribution in [0.15, 0.2) is 35.9 Å². The van der Waals surface area contributed by atoms with Crippen LogP contribution >= 0.6 is 11.3 Å². The number of methoxy groups -OCH3 is 1. The fourth-order valence-electron chi connectivity index (χ4n) is 5.26. The first-order valence-electron chi connectivity index (χ1n) is 11.1. The highest BCUT2D eigenvalue weighted by Crippen LogP contribution is 2.53. The second-order valence-corrected chi connectivity index (χ2v) is 9.77. The summed E-state index contributed by atoms with van der Waals surface area (Å²) in [6.45, 7) is 3.75. The molecule has 7 heteroatoms. The Kier molecular flexibility index (Phi) is 5.37. The molecule has 1 saturated heterocycles. The van der Waals surface area contributed by atoms with Crippen molar-refractivity contribution in [3.63, 3.8) is 0 Å². The molecule has 0 bridgehead atoms. The van der Waals surface area contributed by atoms with Crippen LogP contribution in [0.3, 0.4) is 0 Å². The highest BCUT2D eigenvalue weighted by atomic mass is 32.1. The van der Waals surface area contributed by atoms with Gasteiger partial charge >= 0.3 is 0 Å². The van der Waals surface area contributed by atoms with E-state index in [-0.39, 0.29) is 17.2 Å². The minimum Gasteiger partial charge on any atom is -0.495 e. The van der Waals surface area contributed by atoms with Crippen LogP contribution < -0.4 is 10.1 Å². The number of nitrogens with one attached hydrogen (secondary N) is 1. The monoisotopic (exact) mass is 449 g/mol. The fourth-order valence-corrected chi connectivity index (χ4v) is 6.15. The zero-order chi connectivity index (χ0) is 22.3. The third kappa shape index (κ3) is 3.64. The number of aromatic nitrogens is 1. The topological polar surface area (TPSA) is 71.5 Å². The number of fused-ring (bicyclic) bond motifs is 2. The smallest absolute Gasteiger partial charge is 0.246 e. The van der Waals surface area contributed by atoms with E-state index in [1.54, 1.807) is 30.7 Å². The van der Waals surface area contributed by atoms with Crippen molar-refractivity contribution in [2.75, 3.05) is 25.5 Å². The van der Waals surface area contributed by atoms with Crippen molar-refractivity contribution in [3.8, 4) is 5.75 Å². The first-order chi connectivity index (χ1) is 15.5. The molecular weight excluding hydrogens is 422 g/mol. The lowest BCUT2D eigenvalue weighted by Gasteiger charge is -2.25. The van der Waals surface area contributed by atoms with Crippen LogP contribution in [0.25, 0.3) is 11.6 Å². The number of likely N-dealkylation sites (tertiary alicyclic amines) is 1. The Labute approximate surface area is 192 Å². The number of hydrogen-bond donors (Lipinski definition) is 1. The zero-order valence-electron chi connectivity index (χ0n) is 18.4. The van der Waals surface area contributed by atoms with Crippen LogP contribution in [0.4, 0.5) is 5.82 Å². The van der Waals surface area contributed by atoms with E-state index in [0.29, 0.717) is 24.6 Å². The van der Waals surface area contributed by atoms with Crippen LogP contribution in [0.5, 0.6) is 5.75 Å². The van der Waals surface area contributed by atoms with E-state index in [9.17, 15) is 9.59 Å². The van der Waals surface area contributed by atoms with Gasteiger partial charge in [0.2, 0.25) is 11.8 Å². The maximum atomic E-state index is 13.0. The lowest BCUT2D eigenvalue weighted by atomic mass is 9.79. The minimum absolute atomic E-state index is 0.00244. The number of carbonyl (C=O) groups is 2. The van der Waals surface area contributed by atoms with E-state index in [2.05, 4.69) is 28.7 Å². The van der Waals surface area contributed by atoms with Gasteiger partial charge in [-0.25, -0.2) is 4.98 Å². The van der Waals surface area contributed by atoms with Crippen LogP contribution in [-0.4, -0.2) is 41.9 Å². The van der Waals surface area contributed by atoms with Gasteiger partial charge in [-0.05, 0) is 65.5 Å². The summed E-state index contributed by atoms with van der Waals surface area (Å²) in [6, 6.07) is 4.03. The summed E-state index contributed by atoms with van der Waals surface area (Å²) in [4.78, 5) is 32.0. The molecule has 0 spiro atoms. The van der Waals surface area contributed by atoms with Gasteiger partial charge in [-0.1, -0.05) is 13.0 Å². The molecule has 1 fully saturated rings. The van der Waals surface area contributed by atoms with Crippen molar-refractivity contribution in [1.82, 2.24) is 9.88 Å². The second-order valence-electron chi connectivity index (χ2n) is 8.85. The lowest BCUT2D eigenvalue weighted by molar-refractivity contribution is -0.125. The molecule has 3 aliphatic rings. The molecule has 0 saturated carbocycles. The highest BCUT2D eigenvalue weighted by molar-refractivity contribution is 7.11. The molecule has 32 heavy (non-hydrogen) atoms. The number of rotatable bonds is 5. The number of anilines is 1. The number of aryl methyl sites for hydroxylation is 1. The summed E-state index contributed by atoms with van der Waals surface area (Å²) in [5, 5.41) is 4.86. The number of carbonyl (C=O) groups excluding carboxylic acids is 2. The van der Waals surface area contributed by atoms with Crippen LogP contribution in [0.1, 0.15) is 42.2 Å². The molecule has 5 rings (SSSR count). The standard InChI is InChI=1S/C25H27N3O3S/c1-3-25-12-18(23-20(31-2)8-9-32-23)11-19(25)14-28(15-25)22(30)7-4-16-10-17-5-6-21(29)27-24(17)26-13-16/h4,7-10,12-13,19H,3,5-6,11,14-15H2,1-2H3,(H,26,27,29)/b7-4+. The van der Waals surface area contributed by atoms with Crippen molar-refractivity contribution in [3.05, 3.63) is 51.9 Å². The maximum absolute atomic E-state index is 13.0. The van der Waals surface area contributed by atoms with Gasteiger partial charge in [0.05, 0.1) is 12.0 Å². The lowest BCUT2D eigenvalue weighted by Crippen LogP contribution is -2.29. The second kappa shape index (κ2) is 8.20. The molecular formula is C25H27N3O3S. The van der Waals surface area contributed by atoms with E-state index in [4.69, 9.17) is 4.74 Å². The maximum Gasteiger partial charge on any atom is 0.246 e. The number of amides is 2. The molecule has 4 heterocycles. The number of thiophene rings is 1. The predicted octanol–water partition coefficient (Wildman–Crippen LogP) is 4.39. The largest absolute Gasteiger partial charge is 0.495 e. The summed E-state index contributed by atoms with van der Waals surface area (Å²) in [6.07, 6.45) is 10.7. The SMILES string of the molecule is CCC12C=C(c3sccc3OC)CC1CN(C(=O)/C=C/c1cnc3c(c1)CCC(=O)N3)C2. The Morgan fingerprint density at radius 2 is 2.31 bits per heavy atom. The molecule has 2 atom stereocenters. The molecule has 1 N–H and O–H groups in total. The highest BCUT2D eigenvalue weighted by Gasteiger charge is 2.49. The van der Waals surface area contributed by atoms with E-state index in [0.717, 1.165) is 42.8 Å². The predicted molar refractivity (Wildman–Crippen MR) is 126 cm³/mol. The molecule has 2 aromatic rings. The Hall–Kier alpha value is -2.93. The van der Waals surface area contributed by atoms with E-state index >= 15 is 0 Å². The Bertz CT molecular complexity index is 1140. The zero-order valence-corrected chi connectivity index (χ0v) is 19.2. The van der Waals surface area contributed by atoms with Gasteiger partial charge in [0.25, 0.3) is 0 Å². The van der Waals surface area contributed by atoms with E-state index in [1.165, 1.54) is 10.5 Å². The number of pyridine rings is 1. The van der Waals surface area contributed by atoms with Crippen molar-refractivity contribution in [1.29, 1.82) is 0 Å². The van der Waals surface area contributed by atoms with Gasteiger partial charge in [-0.3, -0.25) is 9.59 Å². The molecule has 2 aromatic heterocycles. The van der Waals surface area contributed by atoms with Gasteiger partial charge in [0.1, 0.15) is 11.6 Å². The quantitative estimate of drug-likeness (QED) is 0.687. The molecule has 2 amide bonds. The van der Waals surface area contributed by atoms with Crippen LogP contribution in [-0.2, 0) is 16.0 Å². The Balaban J connectivity index is 1.29. The number of hydrogen-bond acceptors (Lipinski definition) is 5. The molecule has 166 valence electrons. The Morgan fingerprint density at radius 1 is 1.44 bits per heavy atom. The first-order valence-corrected chi connectivity index (χ1v) is 12.0. The normalized spacial score (nSPS) is 24.3. The number of allylic oxidation sites excluding steroid dienone is 1. The van der Waals surface area contributed by atoms with Gasteiger partial charge in [-0.15, -0.1) is 11.3 Å². The third-order valence-corrected chi connectivity index (χ3v) is 8.03. The van der Waals surface area contributed by atoms with E-state index < -0.39 is 0 Å². The van der Waals surface area contributed by atoms with Crippen molar-refractivity contribution in [2.45, 2.75) is 32.6 Å². The first kappa shape index (κ1) is 20.9. The van der Waals surface area contributed by atoms with Crippen molar-refractivity contribution < 1.29 is 14.3 Å². The summed E-state index contributed by atoms with van der Waals surface area (Å²) in [5.74, 6) is 2.07. The molecule has 0 aromatic carbocycles. The Morgan fingerprint density at radius 3 is 3.09 bits per heavy atom. The summed E-state index contributed by atoms with van der Waals surface area (Å²) >= 11 is 1.73. The summed E-state index contributed by atoms with van der Waals surface area (Å²) < 4.78 is 5.53. The average molecular weight is 450 g/mol. The third-order valence-electron chi connectivity index (χ3n) is 7.06. The summed E-state index contributed by atoms with van der Waals surface area (Å²) in [5.41, 5.74) is 3.30. The van der Waals surface area contributed by atoms with Gasteiger partial charge in [0.15, 0.2) is 0 Å². The number of ether oxygens (including phenoxy) is 1. The van der Waals surface area contributed by atoms with Gasteiger partial charge < -0.3 is 15.0 Å². The molecule has 0 radical (unpaired) electrons. The minimum atomic E-state index is 0.00244. The van der Waals surface area contributed by atoms with Crippen molar-refractivity contribution >= 4 is 40.6 Å². The molecule has 2 unspecified atom stereocenters. The summed E-state index contributed by atoms with van der Waals surface area (Å²) in [7, 11) is 1.72. The van der Waals surface area contributed by atoms with Crippen molar-refractivity contribution in [2.24, 2.45) is 11.3 Å². The van der Waals surface area contributed by atoms with Gasteiger partial charge in [-0.2, -0.15) is 0 Å². The van der Waals surface area contributed by atoms with Crippen LogP contribution in [0.2, 0.25) is 0 Å². The average Bonchev–Trinajstić information content (AvgIpc) is 3.49. The van der Waals surface area contributed by atoms with Gasteiger partial charge in [0, 0.05) is 37.2 Å². The fraction of sp³-hybridized carbons (Fsp3) is 0.400. The number of nitrogens with zero attached hydrogens (tertiary/aromatic N) is 2. The van der Waals surface area contributed by atoms with Crippen LogP contribution in [0, 0.1) is 11.3 Å². The molecule has 1 aliphatic carbocycles. The molecule has 2 aliphatic heterocycles. The van der Waals surface area contributed by atoms with E-state index in [1.807, 2.05) is 23.1 Å².